The molecule has 1 amide bonds. The standard InChI is InChI=1S/C14H15ClN4O2/c15-12-10-5-1-2-6-11(10)13(18-17-12)16-9-4-3-7-19(8-9)14(20)21/h1-2,5-6,9H,3-4,7-8H2,(H,16,18)(H,20,21). The number of rotatable bonds is 2. The van der Waals surface area contributed by atoms with E-state index in [1.165, 1.54) is 4.90 Å². The molecule has 2 N–H and O–H groups in total. The number of carboxylic acid groups (broad SMARTS) is 1. The van der Waals surface area contributed by atoms with Crippen molar-refractivity contribution >= 4 is 34.3 Å². The topological polar surface area (TPSA) is 78.4 Å². The molecule has 1 aliphatic rings. The molecule has 1 atom stereocenters. The first-order valence-corrected chi connectivity index (χ1v) is 7.18. The van der Waals surface area contributed by atoms with E-state index >= 15 is 0 Å². The summed E-state index contributed by atoms with van der Waals surface area (Å²) in [5, 5.41) is 22.5. The summed E-state index contributed by atoms with van der Waals surface area (Å²) in [5.74, 6) is 0.646. The van der Waals surface area contributed by atoms with Crippen molar-refractivity contribution in [3.05, 3.63) is 29.4 Å². The zero-order chi connectivity index (χ0) is 14.8. The summed E-state index contributed by atoms with van der Waals surface area (Å²) >= 11 is 6.05. The van der Waals surface area contributed by atoms with Gasteiger partial charge in [-0.15, -0.1) is 10.2 Å². The number of amides is 1. The van der Waals surface area contributed by atoms with Crippen LogP contribution in [0.2, 0.25) is 5.15 Å². The minimum atomic E-state index is -0.881. The number of fused-ring (bicyclic) bond motifs is 1. The fourth-order valence-corrected chi connectivity index (χ4v) is 2.84. The lowest BCUT2D eigenvalue weighted by molar-refractivity contribution is 0.133. The Hall–Kier alpha value is -2.08. The minimum absolute atomic E-state index is 0.0359. The van der Waals surface area contributed by atoms with Crippen LogP contribution in [0.3, 0.4) is 0 Å². The molecular formula is C14H15ClN4O2. The molecule has 0 saturated carbocycles. The number of nitrogens with one attached hydrogen (secondary N) is 1. The number of carbonyl (C=O) groups is 1. The lowest BCUT2D eigenvalue weighted by Crippen LogP contribution is -2.44. The molecule has 2 heterocycles. The minimum Gasteiger partial charge on any atom is -0.465 e. The van der Waals surface area contributed by atoms with Crippen molar-refractivity contribution in [1.82, 2.24) is 15.1 Å². The first kappa shape index (κ1) is 13.9. The molecule has 2 aromatic rings. The van der Waals surface area contributed by atoms with Crippen molar-refractivity contribution in [1.29, 1.82) is 0 Å². The van der Waals surface area contributed by atoms with Crippen LogP contribution in [0.5, 0.6) is 0 Å². The van der Waals surface area contributed by atoms with Gasteiger partial charge in [0.15, 0.2) is 11.0 Å². The summed E-state index contributed by atoms with van der Waals surface area (Å²) < 4.78 is 0. The van der Waals surface area contributed by atoms with Gasteiger partial charge in [0.1, 0.15) is 0 Å². The van der Waals surface area contributed by atoms with E-state index in [2.05, 4.69) is 15.5 Å². The lowest BCUT2D eigenvalue weighted by atomic mass is 10.1. The van der Waals surface area contributed by atoms with E-state index < -0.39 is 6.09 Å². The number of aromatic nitrogens is 2. The number of anilines is 1. The van der Waals surface area contributed by atoms with Gasteiger partial charge >= 0.3 is 6.09 Å². The Morgan fingerprint density at radius 2 is 2.10 bits per heavy atom. The van der Waals surface area contributed by atoms with Gasteiger partial charge in [-0.3, -0.25) is 0 Å². The van der Waals surface area contributed by atoms with E-state index in [4.69, 9.17) is 16.7 Å². The van der Waals surface area contributed by atoms with E-state index in [0.29, 0.717) is 24.1 Å². The van der Waals surface area contributed by atoms with Crippen molar-refractivity contribution in [2.24, 2.45) is 0 Å². The average molecular weight is 307 g/mol. The molecule has 110 valence electrons. The number of halogens is 1. The Balaban J connectivity index is 1.85. The van der Waals surface area contributed by atoms with Crippen molar-refractivity contribution in [3.8, 4) is 0 Å². The van der Waals surface area contributed by atoms with Crippen LogP contribution >= 0.6 is 11.6 Å². The van der Waals surface area contributed by atoms with Gasteiger partial charge in [0, 0.05) is 29.9 Å². The van der Waals surface area contributed by atoms with Gasteiger partial charge in [-0.05, 0) is 12.8 Å². The quantitative estimate of drug-likeness (QED) is 0.892. The normalized spacial score (nSPS) is 18.7. The van der Waals surface area contributed by atoms with E-state index in [9.17, 15) is 4.79 Å². The molecule has 0 bridgehead atoms. The average Bonchev–Trinajstić information content (AvgIpc) is 2.51. The van der Waals surface area contributed by atoms with E-state index in [-0.39, 0.29) is 6.04 Å². The van der Waals surface area contributed by atoms with Gasteiger partial charge in [-0.2, -0.15) is 0 Å². The first-order chi connectivity index (χ1) is 10.1. The molecular weight excluding hydrogens is 292 g/mol. The molecule has 1 unspecified atom stereocenters. The van der Waals surface area contributed by atoms with Crippen molar-refractivity contribution in [2.45, 2.75) is 18.9 Å². The molecule has 0 radical (unpaired) electrons. The van der Waals surface area contributed by atoms with Crippen molar-refractivity contribution < 1.29 is 9.90 Å². The molecule has 1 aromatic carbocycles. The van der Waals surface area contributed by atoms with Gasteiger partial charge in [0.25, 0.3) is 0 Å². The summed E-state index contributed by atoms with van der Waals surface area (Å²) in [5.41, 5.74) is 0. The van der Waals surface area contributed by atoms with Crippen LogP contribution in [-0.4, -0.2) is 45.4 Å². The second-order valence-corrected chi connectivity index (χ2v) is 5.46. The molecule has 0 spiro atoms. The third-order valence-corrected chi connectivity index (χ3v) is 3.95. The van der Waals surface area contributed by atoms with Crippen LogP contribution in [0.25, 0.3) is 10.8 Å². The molecule has 0 aliphatic carbocycles. The Morgan fingerprint density at radius 3 is 2.86 bits per heavy atom. The van der Waals surface area contributed by atoms with Crippen molar-refractivity contribution in [2.75, 3.05) is 18.4 Å². The van der Waals surface area contributed by atoms with Crippen LogP contribution in [0.1, 0.15) is 12.8 Å². The number of hydrogen-bond acceptors (Lipinski definition) is 4. The molecule has 1 aromatic heterocycles. The Bertz CT molecular complexity index is 679. The largest absolute Gasteiger partial charge is 0.465 e. The number of likely N-dealkylation sites (tertiary alicyclic amines) is 1. The van der Waals surface area contributed by atoms with Crippen LogP contribution in [0, 0.1) is 0 Å². The predicted molar refractivity (Wildman–Crippen MR) is 80.8 cm³/mol. The highest BCUT2D eigenvalue weighted by atomic mass is 35.5. The van der Waals surface area contributed by atoms with Gasteiger partial charge in [-0.25, -0.2) is 4.79 Å². The fraction of sp³-hybridized carbons (Fsp3) is 0.357. The number of benzene rings is 1. The summed E-state index contributed by atoms with van der Waals surface area (Å²) in [4.78, 5) is 12.5. The third kappa shape index (κ3) is 2.85. The van der Waals surface area contributed by atoms with E-state index in [1.807, 2.05) is 24.3 Å². The zero-order valence-electron chi connectivity index (χ0n) is 11.3. The highest BCUT2D eigenvalue weighted by Gasteiger charge is 2.24. The summed E-state index contributed by atoms with van der Waals surface area (Å²) in [6.45, 7) is 1.04. The Morgan fingerprint density at radius 1 is 1.33 bits per heavy atom. The first-order valence-electron chi connectivity index (χ1n) is 6.80. The number of piperidine rings is 1. The molecule has 1 saturated heterocycles. The van der Waals surface area contributed by atoms with Gasteiger partial charge in [0.05, 0.1) is 0 Å². The van der Waals surface area contributed by atoms with E-state index in [0.717, 1.165) is 23.6 Å². The summed E-state index contributed by atoms with van der Waals surface area (Å²) in [6, 6.07) is 7.66. The van der Waals surface area contributed by atoms with Crippen LogP contribution in [0.4, 0.5) is 10.6 Å². The van der Waals surface area contributed by atoms with Gasteiger partial charge < -0.3 is 15.3 Å². The maximum absolute atomic E-state index is 11.1. The van der Waals surface area contributed by atoms with Gasteiger partial charge in [-0.1, -0.05) is 35.9 Å². The van der Waals surface area contributed by atoms with Crippen LogP contribution < -0.4 is 5.32 Å². The number of hydrogen-bond donors (Lipinski definition) is 2. The lowest BCUT2D eigenvalue weighted by Gasteiger charge is -2.31. The second-order valence-electron chi connectivity index (χ2n) is 5.10. The van der Waals surface area contributed by atoms with Crippen LogP contribution in [-0.2, 0) is 0 Å². The van der Waals surface area contributed by atoms with Crippen LogP contribution in [0.15, 0.2) is 24.3 Å². The fourth-order valence-electron chi connectivity index (χ4n) is 2.64. The molecule has 1 aliphatic heterocycles. The zero-order valence-corrected chi connectivity index (χ0v) is 12.0. The molecule has 1 fully saturated rings. The number of nitrogens with zero attached hydrogens (tertiary/aromatic N) is 3. The smallest absolute Gasteiger partial charge is 0.407 e. The van der Waals surface area contributed by atoms with E-state index in [1.54, 1.807) is 0 Å². The highest BCUT2D eigenvalue weighted by Crippen LogP contribution is 2.27. The molecule has 21 heavy (non-hydrogen) atoms. The predicted octanol–water partition coefficient (Wildman–Crippen LogP) is 2.84. The SMILES string of the molecule is O=C(O)N1CCCC(Nc2nnc(Cl)c3ccccc23)C1. The highest BCUT2D eigenvalue weighted by molar-refractivity contribution is 6.34. The monoisotopic (exact) mass is 306 g/mol. The Labute approximate surface area is 126 Å². The maximum Gasteiger partial charge on any atom is 0.407 e. The summed E-state index contributed by atoms with van der Waals surface area (Å²) in [7, 11) is 0. The molecule has 6 nitrogen and oxygen atoms in total. The third-order valence-electron chi connectivity index (χ3n) is 3.67. The Kier molecular flexibility index (Phi) is 3.79. The van der Waals surface area contributed by atoms with Gasteiger partial charge in [0.2, 0.25) is 0 Å². The molecule has 3 rings (SSSR count). The maximum atomic E-state index is 11.1. The second kappa shape index (κ2) is 5.73. The summed E-state index contributed by atoms with van der Waals surface area (Å²) in [6.07, 6.45) is 0.860. The molecule has 7 heteroatoms. The van der Waals surface area contributed by atoms with Crippen molar-refractivity contribution in [3.63, 3.8) is 0 Å².